The van der Waals surface area contributed by atoms with Gasteiger partial charge in [0.2, 0.25) is 5.91 Å². The van der Waals surface area contributed by atoms with Crippen LogP contribution in [0.15, 0.2) is 12.2 Å². The smallest absolute Gasteiger partial charge is 0.225 e. The quantitative estimate of drug-likeness (QED) is 0.315. The van der Waals surface area contributed by atoms with Crippen LogP contribution in [0.2, 0.25) is 0 Å². The molecule has 1 rings (SSSR count). The fourth-order valence-corrected chi connectivity index (χ4v) is 3.22. The first kappa shape index (κ1) is 19.3. The van der Waals surface area contributed by atoms with E-state index in [9.17, 15) is 4.79 Å². The number of carbonyl (C=O) groups excluding carboxylic acids is 1. The molecular weight excluding hydrogens is 270 g/mol. The molecule has 128 valence electrons. The maximum Gasteiger partial charge on any atom is 0.225 e. The molecule has 1 heterocycles. The van der Waals surface area contributed by atoms with Crippen molar-refractivity contribution in [2.24, 2.45) is 5.92 Å². The van der Waals surface area contributed by atoms with Gasteiger partial charge < -0.3 is 4.90 Å². The Morgan fingerprint density at radius 1 is 0.955 bits per heavy atom. The van der Waals surface area contributed by atoms with Crippen molar-refractivity contribution in [3.8, 4) is 0 Å². The highest BCUT2D eigenvalue weighted by Gasteiger charge is 2.29. The number of nitrogens with zero attached hydrogens (tertiary/aromatic N) is 1. The lowest BCUT2D eigenvalue weighted by Gasteiger charge is -2.15. The minimum Gasteiger partial charge on any atom is -0.342 e. The van der Waals surface area contributed by atoms with Crippen LogP contribution >= 0.6 is 0 Å². The Labute approximate surface area is 138 Å². The average Bonchev–Trinajstić information content (AvgIpc) is 2.87. The molecule has 1 aliphatic rings. The summed E-state index contributed by atoms with van der Waals surface area (Å²) in [6, 6.07) is 0. The van der Waals surface area contributed by atoms with Gasteiger partial charge in [-0.3, -0.25) is 4.79 Å². The van der Waals surface area contributed by atoms with Crippen molar-refractivity contribution in [1.29, 1.82) is 0 Å². The zero-order valence-corrected chi connectivity index (χ0v) is 15.0. The summed E-state index contributed by atoms with van der Waals surface area (Å²) in [4.78, 5) is 14.3. The number of hydrogen-bond donors (Lipinski definition) is 0. The van der Waals surface area contributed by atoms with Crippen molar-refractivity contribution in [2.75, 3.05) is 13.1 Å². The highest BCUT2D eigenvalue weighted by Crippen LogP contribution is 2.23. The fourth-order valence-electron chi connectivity index (χ4n) is 3.22. The van der Waals surface area contributed by atoms with E-state index in [0.717, 1.165) is 38.8 Å². The minimum atomic E-state index is 0.301. The predicted molar refractivity (Wildman–Crippen MR) is 96.0 cm³/mol. The van der Waals surface area contributed by atoms with E-state index in [-0.39, 0.29) is 0 Å². The van der Waals surface area contributed by atoms with E-state index in [1.54, 1.807) is 0 Å². The highest BCUT2D eigenvalue weighted by atomic mass is 16.2. The molecule has 1 saturated heterocycles. The number of likely N-dealkylation sites (tertiary alicyclic amines) is 1. The molecule has 0 aliphatic carbocycles. The molecule has 0 saturated carbocycles. The summed E-state index contributed by atoms with van der Waals surface area (Å²) >= 11 is 0. The third kappa shape index (κ3) is 8.00. The molecule has 1 aliphatic heterocycles. The Hall–Kier alpha value is -0.790. The molecule has 1 atom stereocenters. The molecule has 0 aromatic carbocycles. The standard InChI is InChI=1S/C20H37NO/c1-3-5-7-8-9-10-11-12-13-14-15-19-16-18-21(20(19)22)17-6-4-2/h12-13,19H,3-11,14-18H2,1-2H3. The largest absolute Gasteiger partial charge is 0.342 e. The van der Waals surface area contributed by atoms with Gasteiger partial charge in [-0.1, -0.05) is 64.5 Å². The van der Waals surface area contributed by atoms with Crippen LogP contribution in [-0.4, -0.2) is 23.9 Å². The van der Waals surface area contributed by atoms with Gasteiger partial charge >= 0.3 is 0 Å². The zero-order chi connectivity index (χ0) is 16.0. The maximum absolute atomic E-state index is 12.2. The van der Waals surface area contributed by atoms with E-state index in [4.69, 9.17) is 0 Å². The van der Waals surface area contributed by atoms with Crippen molar-refractivity contribution in [2.45, 2.75) is 90.9 Å². The van der Waals surface area contributed by atoms with E-state index in [1.807, 2.05) is 0 Å². The molecule has 0 spiro atoms. The van der Waals surface area contributed by atoms with Crippen molar-refractivity contribution in [1.82, 2.24) is 4.90 Å². The maximum atomic E-state index is 12.2. The van der Waals surface area contributed by atoms with Gasteiger partial charge in [0.25, 0.3) is 0 Å². The van der Waals surface area contributed by atoms with E-state index in [2.05, 4.69) is 30.9 Å². The van der Waals surface area contributed by atoms with Crippen LogP contribution in [0.5, 0.6) is 0 Å². The molecule has 0 bridgehead atoms. The lowest BCUT2D eigenvalue weighted by molar-refractivity contribution is -0.131. The first-order valence-electron chi connectivity index (χ1n) is 9.73. The Morgan fingerprint density at radius 3 is 2.41 bits per heavy atom. The van der Waals surface area contributed by atoms with Gasteiger partial charge in [-0.15, -0.1) is 0 Å². The topological polar surface area (TPSA) is 20.3 Å². The van der Waals surface area contributed by atoms with Gasteiger partial charge in [0.1, 0.15) is 0 Å². The summed E-state index contributed by atoms with van der Waals surface area (Å²) in [5.41, 5.74) is 0. The SMILES string of the molecule is CCCCCCCCC=CCCC1CCN(CCCC)C1=O. The number of hydrogen-bond acceptors (Lipinski definition) is 1. The molecule has 0 N–H and O–H groups in total. The Morgan fingerprint density at radius 2 is 1.64 bits per heavy atom. The first-order valence-corrected chi connectivity index (χ1v) is 9.73. The normalized spacial score (nSPS) is 18.7. The Balaban J connectivity index is 2.00. The van der Waals surface area contributed by atoms with E-state index < -0.39 is 0 Å². The van der Waals surface area contributed by atoms with Gasteiger partial charge in [0.15, 0.2) is 0 Å². The first-order chi connectivity index (χ1) is 10.8. The molecule has 2 heteroatoms. The lowest BCUT2D eigenvalue weighted by Crippen LogP contribution is -2.28. The van der Waals surface area contributed by atoms with Crippen LogP contribution in [0.1, 0.15) is 90.9 Å². The fraction of sp³-hybridized carbons (Fsp3) is 0.850. The summed E-state index contributed by atoms with van der Waals surface area (Å²) < 4.78 is 0. The average molecular weight is 308 g/mol. The van der Waals surface area contributed by atoms with E-state index in [1.165, 1.54) is 51.4 Å². The summed E-state index contributed by atoms with van der Waals surface area (Å²) in [7, 11) is 0. The highest BCUT2D eigenvalue weighted by molar-refractivity contribution is 5.80. The second-order valence-electron chi connectivity index (χ2n) is 6.77. The number of allylic oxidation sites excluding steroid dienone is 2. The predicted octanol–water partition coefficient (Wildman–Crippen LogP) is 5.72. The van der Waals surface area contributed by atoms with Gasteiger partial charge in [0.05, 0.1) is 0 Å². The third-order valence-corrected chi connectivity index (χ3v) is 4.76. The second-order valence-corrected chi connectivity index (χ2v) is 6.77. The van der Waals surface area contributed by atoms with Crippen LogP contribution in [0.25, 0.3) is 0 Å². The van der Waals surface area contributed by atoms with Crippen molar-refractivity contribution < 1.29 is 4.79 Å². The van der Waals surface area contributed by atoms with Crippen molar-refractivity contribution in [3.05, 3.63) is 12.2 Å². The van der Waals surface area contributed by atoms with Gasteiger partial charge in [-0.2, -0.15) is 0 Å². The molecule has 0 aromatic heterocycles. The summed E-state index contributed by atoms with van der Waals surface area (Å²) in [5.74, 6) is 0.716. The van der Waals surface area contributed by atoms with Crippen molar-refractivity contribution >= 4 is 5.91 Å². The molecule has 2 nitrogen and oxygen atoms in total. The van der Waals surface area contributed by atoms with E-state index >= 15 is 0 Å². The molecule has 1 fully saturated rings. The summed E-state index contributed by atoms with van der Waals surface area (Å²) in [6.07, 6.45) is 19.6. The van der Waals surface area contributed by atoms with E-state index in [0.29, 0.717) is 11.8 Å². The lowest BCUT2D eigenvalue weighted by atomic mass is 10.0. The van der Waals surface area contributed by atoms with Gasteiger partial charge in [0, 0.05) is 19.0 Å². The third-order valence-electron chi connectivity index (χ3n) is 4.76. The van der Waals surface area contributed by atoms with Crippen LogP contribution in [-0.2, 0) is 4.79 Å². The molecule has 0 radical (unpaired) electrons. The zero-order valence-electron chi connectivity index (χ0n) is 15.0. The molecule has 0 aromatic rings. The minimum absolute atomic E-state index is 0.301. The van der Waals surface area contributed by atoms with Gasteiger partial charge in [-0.25, -0.2) is 0 Å². The van der Waals surface area contributed by atoms with Crippen LogP contribution in [0.3, 0.4) is 0 Å². The van der Waals surface area contributed by atoms with Crippen LogP contribution < -0.4 is 0 Å². The second kappa shape index (κ2) is 12.7. The Kier molecular flexibility index (Phi) is 11.1. The molecule has 1 amide bonds. The number of amides is 1. The van der Waals surface area contributed by atoms with Crippen molar-refractivity contribution in [3.63, 3.8) is 0 Å². The van der Waals surface area contributed by atoms with Crippen LogP contribution in [0.4, 0.5) is 0 Å². The number of rotatable bonds is 13. The molecule has 1 unspecified atom stereocenters. The number of carbonyl (C=O) groups is 1. The molecular formula is C20H37NO. The number of unbranched alkanes of at least 4 members (excludes halogenated alkanes) is 7. The van der Waals surface area contributed by atoms with Crippen LogP contribution in [0, 0.1) is 5.92 Å². The monoisotopic (exact) mass is 307 g/mol. The Bertz CT molecular complexity index is 311. The molecule has 22 heavy (non-hydrogen) atoms. The van der Waals surface area contributed by atoms with Gasteiger partial charge in [-0.05, 0) is 38.5 Å². The summed E-state index contributed by atoms with van der Waals surface area (Å²) in [6.45, 7) is 6.41. The summed E-state index contributed by atoms with van der Waals surface area (Å²) in [5, 5.41) is 0.